The van der Waals surface area contributed by atoms with Crippen LogP contribution in [0.2, 0.25) is 0 Å². The van der Waals surface area contributed by atoms with Gasteiger partial charge in [0.25, 0.3) is 5.22 Å². The van der Waals surface area contributed by atoms with Gasteiger partial charge in [0.2, 0.25) is 0 Å². The monoisotopic (exact) mass is 254 g/mol. The zero-order chi connectivity index (χ0) is 12.4. The lowest BCUT2D eigenvalue weighted by Crippen LogP contribution is -2.40. The molecular weight excluding hydrogens is 232 g/mol. The van der Waals surface area contributed by atoms with E-state index in [9.17, 15) is 0 Å². The first-order valence-corrected chi connectivity index (χ1v) is 7.26. The maximum atomic E-state index is 5.67. The van der Waals surface area contributed by atoms with E-state index in [4.69, 9.17) is 4.42 Å². The summed E-state index contributed by atoms with van der Waals surface area (Å²) >= 11 is 1.80. The standard InChI is InChI=1S/C13H22N2OS/c1-8-5-6-11(14-4)12(7-8)17-13-15-9(2)10(3)16-13/h8,11-12,14H,5-7H2,1-4H3. The van der Waals surface area contributed by atoms with E-state index in [2.05, 4.69) is 24.3 Å². The Morgan fingerprint density at radius 3 is 2.71 bits per heavy atom. The molecule has 3 unspecified atom stereocenters. The third-order valence-electron chi connectivity index (χ3n) is 3.69. The second-order valence-electron chi connectivity index (χ2n) is 5.09. The van der Waals surface area contributed by atoms with Crippen LogP contribution in [-0.2, 0) is 0 Å². The predicted octanol–water partition coefficient (Wildman–Crippen LogP) is 3.16. The van der Waals surface area contributed by atoms with Crippen LogP contribution in [0, 0.1) is 19.8 Å². The van der Waals surface area contributed by atoms with Crippen LogP contribution in [0.4, 0.5) is 0 Å². The Morgan fingerprint density at radius 1 is 1.35 bits per heavy atom. The van der Waals surface area contributed by atoms with Gasteiger partial charge in [-0.15, -0.1) is 0 Å². The first-order valence-electron chi connectivity index (χ1n) is 6.38. The summed E-state index contributed by atoms with van der Waals surface area (Å²) in [6.07, 6.45) is 3.83. The van der Waals surface area contributed by atoms with Crippen LogP contribution >= 0.6 is 11.8 Å². The Balaban J connectivity index is 2.04. The van der Waals surface area contributed by atoms with Crippen molar-refractivity contribution in [2.24, 2.45) is 5.92 Å². The Hall–Kier alpha value is -0.480. The van der Waals surface area contributed by atoms with Crippen LogP contribution in [0.3, 0.4) is 0 Å². The highest BCUT2D eigenvalue weighted by Gasteiger charge is 2.29. The van der Waals surface area contributed by atoms with Crippen LogP contribution in [0.5, 0.6) is 0 Å². The highest BCUT2D eigenvalue weighted by Crippen LogP contribution is 2.36. The summed E-state index contributed by atoms with van der Waals surface area (Å²) in [5.41, 5.74) is 1.01. The van der Waals surface area contributed by atoms with Gasteiger partial charge in [-0.3, -0.25) is 0 Å². The molecule has 1 fully saturated rings. The Bertz CT molecular complexity index is 358. The molecule has 0 aromatic carbocycles. The number of nitrogens with one attached hydrogen (secondary N) is 1. The van der Waals surface area contributed by atoms with Crippen LogP contribution in [-0.4, -0.2) is 23.3 Å². The van der Waals surface area contributed by atoms with Gasteiger partial charge in [0.05, 0.1) is 5.69 Å². The Labute approximate surface area is 108 Å². The minimum Gasteiger partial charge on any atom is -0.437 e. The smallest absolute Gasteiger partial charge is 0.256 e. The molecule has 4 heteroatoms. The molecule has 96 valence electrons. The van der Waals surface area contributed by atoms with E-state index < -0.39 is 0 Å². The topological polar surface area (TPSA) is 38.1 Å². The van der Waals surface area contributed by atoms with Gasteiger partial charge in [0, 0.05) is 11.3 Å². The van der Waals surface area contributed by atoms with Gasteiger partial charge in [-0.05, 0) is 46.1 Å². The number of hydrogen-bond acceptors (Lipinski definition) is 4. The zero-order valence-corrected chi connectivity index (χ0v) is 11.9. The maximum absolute atomic E-state index is 5.67. The molecule has 1 aromatic rings. The second kappa shape index (κ2) is 5.44. The van der Waals surface area contributed by atoms with Crippen LogP contribution in [0.1, 0.15) is 37.6 Å². The fourth-order valence-electron chi connectivity index (χ4n) is 2.41. The summed E-state index contributed by atoms with van der Waals surface area (Å²) in [5.74, 6) is 1.76. The molecule has 0 radical (unpaired) electrons. The van der Waals surface area contributed by atoms with Crippen molar-refractivity contribution >= 4 is 11.8 Å². The van der Waals surface area contributed by atoms with Crippen molar-refractivity contribution in [1.82, 2.24) is 10.3 Å². The molecule has 2 rings (SSSR count). The molecule has 1 aliphatic rings. The van der Waals surface area contributed by atoms with E-state index in [1.807, 2.05) is 13.8 Å². The fourth-order valence-corrected chi connectivity index (χ4v) is 3.90. The molecular formula is C13H22N2OS. The molecule has 3 atom stereocenters. The first kappa shape index (κ1) is 13.0. The zero-order valence-electron chi connectivity index (χ0n) is 11.1. The average molecular weight is 254 g/mol. The average Bonchev–Trinajstić information content (AvgIpc) is 2.58. The molecule has 0 bridgehead atoms. The molecule has 0 spiro atoms. The normalized spacial score (nSPS) is 29.5. The first-order chi connectivity index (χ1) is 8.10. The van der Waals surface area contributed by atoms with E-state index in [-0.39, 0.29) is 0 Å². The van der Waals surface area contributed by atoms with Crippen LogP contribution in [0.25, 0.3) is 0 Å². The van der Waals surface area contributed by atoms with Crippen LogP contribution in [0.15, 0.2) is 9.64 Å². The predicted molar refractivity (Wildman–Crippen MR) is 71.5 cm³/mol. The summed E-state index contributed by atoms with van der Waals surface area (Å²) in [6, 6.07) is 0.587. The van der Waals surface area contributed by atoms with Gasteiger partial charge in [0.15, 0.2) is 0 Å². The number of aromatic nitrogens is 1. The Morgan fingerprint density at radius 2 is 2.12 bits per heavy atom. The quantitative estimate of drug-likeness (QED) is 0.899. The second-order valence-corrected chi connectivity index (χ2v) is 6.28. The van der Waals surface area contributed by atoms with Gasteiger partial charge in [-0.25, -0.2) is 4.98 Å². The lowest BCUT2D eigenvalue weighted by atomic mass is 9.87. The number of hydrogen-bond donors (Lipinski definition) is 1. The molecule has 0 saturated heterocycles. The van der Waals surface area contributed by atoms with Crippen molar-refractivity contribution in [2.75, 3.05) is 7.05 Å². The highest BCUT2D eigenvalue weighted by molar-refractivity contribution is 7.99. The summed E-state index contributed by atoms with van der Waals surface area (Å²) in [5, 5.41) is 4.84. The maximum Gasteiger partial charge on any atom is 0.256 e. The molecule has 3 nitrogen and oxygen atoms in total. The van der Waals surface area contributed by atoms with Gasteiger partial charge < -0.3 is 9.73 Å². The third kappa shape index (κ3) is 3.05. The molecule has 0 aliphatic heterocycles. The van der Waals surface area contributed by atoms with E-state index in [0.717, 1.165) is 22.6 Å². The number of oxazole rings is 1. The van der Waals surface area contributed by atoms with Gasteiger partial charge >= 0.3 is 0 Å². The van der Waals surface area contributed by atoms with Crippen molar-refractivity contribution < 1.29 is 4.42 Å². The molecule has 1 aromatic heterocycles. The van der Waals surface area contributed by atoms with Gasteiger partial charge in [-0.1, -0.05) is 18.7 Å². The number of aryl methyl sites for hydroxylation is 2. The summed E-state index contributed by atoms with van der Waals surface area (Å²) in [7, 11) is 2.06. The van der Waals surface area contributed by atoms with Crippen molar-refractivity contribution in [3.63, 3.8) is 0 Å². The SMILES string of the molecule is CNC1CCC(C)CC1Sc1nc(C)c(C)o1. The van der Waals surface area contributed by atoms with E-state index >= 15 is 0 Å². The fraction of sp³-hybridized carbons (Fsp3) is 0.769. The largest absolute Gasteiger partial charge is 0.437 e. The van der Waals surface area contributed by atoms with Gasteiger partial charge in [-0.2, -0.15) is 0 Å². The minimum atomic E-state index is 0.584. The van der Waals surface area contributed by atoms with Crippen molar-refractivity contribution in [3.05, 3.63) is 11.5 Å². The molecule has 17 heavy (non-hydrogen) atoms. The lowest BCUT2D eigenvalue weighted by molar-refractivity contribution is 0.326. The van der Waals surface area contributed by atoms with Gasteiger partial charge in [0.1, 0.15) is 5.76 Å². The molecule has 1 aliphatic carbocycles. The molecule has 1 heterocycles. The van der Waals surface area contributed by atoms with E-state index in [0.29, 0.717) is 11.3 Å². The van der Waals surface area contributed by atoms with Crippen molar-refractivity contribution in [3.8, 4) is 0 Å². The summed E-state index contributed by atoms with van der Waals surface area (Å²) < 4.78 is 5.67. The lowest BCUT2D eigenvalue weighted by Gasteiger charge is -2.33. The van der Waals surface area contributed by atoms with E-state index in [1.165, 1.54) is 19.3 Å². The van der Waals surface area contributed by atoms with E-state index in [1.54, 1.807) is 11.8 Å². The molecule has 0 amide bonds. The molecule has 1 saturated carbocycles. The summed E-state index contributed by atoms with van der Waals surface area (Å²) in [6.45, 7) is 6.32. The van der Waals surface area contributed by atoms with Crippen LogP contribution < -0.4 is 5.32 Å². The number of rotatable bonds is 3. The molecule has 1 N–H and O–H groups in total. The van der Waals surface area contributed by atoms with Crippen molar-refractivity contribution in [2.45, 2.75) is 56.5 Å². The Kier molecular flexibility index (Phi) is 4.15. The number of thioether (sulfide) groups is 1. The third-order valence-corrected chi connectivity index (χ3v) is 4.89. The van der Waals surface area contributed by atoms with Crippen molar-refractivity contribution in [1.29, 1.82) is 0 Å². The summed E-state index contributed by atoms with van der Waals surface area (Å²) in [4.78, 5) is 4.47. The number of nitrogens with zero attached hydrogens (tertiary/aromatic N) is 1. The highest BCUT2D eigenvalue weighted by atomic mass is 32.2. The minimum absolute atomic E-state index is 0.584.